The molecule has 6 nitrogen and oxygen atoms in total. The Labute approximate surface area is 93.0 Å². The van der Waals surface area contributed by atoms with Crippen molar-refractivity contribution in [2.24, 2.45) is 5.92 Å². The van der Waals surface area contributed by atoms with Gasteiger partial charge in [0.1, 0.15) is 0 Å². The summed E-state index contributed by atoms with van der Waals surface area (Å²) in [5, 5.41) is 11.4. The second-order valence-corrected chi connectivity index (χ2v) is 3.80. The highest BCUT2D eigenvalue weighted by atomic mass is 16.5. The number of hydrogen-bond acceptors (Lipinski definition) is 4. The lowest BCUT2D eigenvalue weighted by Crippen LogP contribution is -2.56. The third kappa shape index (κ3) is 2.00. The molecule has 2 atom stereocenters. The molecule has 1 saturated heterocycles. The van der Waals surface area contributed by atoms with Crippen molar-refractivity contribution in [3.8, 4) is 0 Å². The number of amides is 1. The standard InChI is InChI=1S/C10H15NO5/c1-3-16-9(15)10(6(2)8(13)14)5-4-7(12)11-10/h6H,3-5H2,1-2H3,(H,11,12)(H,13,14). The Kier molecular flexibility index (Phi) is 3.51. The molecule has 0 saturated carbocycles. The van der Waals surface area contributed by atoms with Crippen LogP contribution in [0.2, 0.25) is 0 Å². The Balaban J connectivity index is 2.98. The highest BCUT2D eigenvalue weighted by molar-refractivity contribution is 5.95. The third-order valence-corrected chi connectivity index (χ3v) is 2.86. The summed E-state index contributed by atoms with van der Waals surface area (Å²) >= 11 is 0. The molecule has 2 N–H and O–H groups in total. The van der Waals surface area contributed by atoms with Crippen molar-refractivity contribution in [2.45, 2.75) is 32.2 Å². The molecule has 0 aromatic rings. The van der Waals surface area contributed by atoms with Gasteiger partial charge in [0.2, 0.25) is 5.91 Å². The maximum atomic E-state index is 11.8. The van der Waals surface area contributed by atoms with Crippen LogP contribution in [-0.4, -0.2) is 35.1 Å². The van der Waals surface area contributed by atoms with Crippen molar-refractivity contribution >= 4 is 17.8 Å². The van der Waals surface area contributed by atoms with Crippen LogP contribution in [0.4, 0.5) is 0 Å². The molecule has 0 bridgehead atoms. The smallest absolute Gasteiger partial charge is 0.332 e. The fraction of sp³-hybridized carbons (Fsp3) is 0.700. The second-order valence-electron chi connectivity index (χ2n) is 3.80. The Morgan fingerprint density at radius 1 is 1.62 bits per heavy atom. The van der Waals surface area contributed by atoms with E-state index in [-0.39, 0.29) is 25.4 Å². The first-order valence-electron chi connectivity index (χ1n) is 5.15. The molecule has 0 aromatic carbocycles. The van der Waals surface area contributed by atoms with Crippen molar-refractivity contribution in [2.75, 3.05) is 6.61 Å². The van der Waals surface area contributed by atoms with E-state index in [1.807, 2.05) is 0 Å². The third-order valence-electron chi connectivity index (χ3n) is 2.86. The first-order valence-corrected chi connectivity index (χ1v) is 5.15. The number of carbonyl (C=O) groups excluding carboxylic acids is 2. The highest BCUT2D eigenvalue weighted by Crippen LogP contribution is 2.30. The van der Waals surface area contributed by atoms with E-state index in [4.69, 9.17) is 9.84 Å². The Morgan fingerprint density at radius 2 is 2.25 bits per heavy atom. The van der Waals surface area contributed by atoms with E-state index < -0.39 is 23.4 Å². The van der Waals surface area contributed by atoms with Crippen molar-refractivity contribution in [1.82, 2.24) is 5.32 Å². The van der Waals surface area contributed by atoms with Crippen LogP contribution in [0, 0.1) is 5.92 Å². The van der Waals surface area contributed by atoms with Gasteiger partial charge >= 0.3 is 11.9 Å². The van der Waals surface area contributed by atoms with Crippen LogP contribution in [0.1, 0.15) is 26.7 Å². The van der Waals surface area contributed by atoms with Crippen molar-refractivity contribution in [3.63, 3.8) is 0 Å². The van der Waals surface area contributed by atoms with Gasteiger partial charge in [0, 0.05) is 6.42 Å². The van der Waals surface area contributed by atoms with Crippen LogP contribution >= 0.6 is 0 Å². The number of hydrogen-bond donors (Lipinski definition) is 2. The van der Waals surface area contributed by atoms with Crippen LogP contribution in [0.3, 0.4) is 0 Å². The van der Waals surface area contributed by atoms with E-state index in [9.17, 15) is 14.4 Å². The maximum Gasteiger partial charge on any atom is 0.332 e. The molecular weight excluding hydrogens is 214 g/mol. The van der Waals surface area contributed by atoms with Gasteiger partial charge in [0.15, 0.2) is 5.54 Å². The van der Waals surface area contributed by atoms with E-state index in [0.717, 1.165) is 0 Å². The van der Waals surface area contributed by atoms with Gasteiger partial charge in [0.05, 0.1) is 12.5 Å². The van der Waals surface area contributed by atoms with Gasteiger partial charge < -0.3 is 15.2 Å². The van der Waals surface area contributed by atoms with Crippen LogP contribution in [0.15, 0.2) is 0 Å². The van der Waals surface area contributed by atoms with E-state index >= 15 is 0 Å². The summed E-state index contributed by atoms with van der Waals surface area (Å²) in [7, 11) is 0. The van der Waals surface area contributed by atoms with E-state index in [1.165, 1.54) is 6.92 Å². The molecule has 1 amide bonds. The number of rotatable bonds is 4. The molecule has 1 aliphatic rings. The van der Waals surface area contributed by atoms with E-state index in [2.05, 4.69) is 5.32 Å². The van der Waals surface area contributed by atoms with Crippen molar-refractivity contribution in [3.05, 3.63) is 0 Å². The number of aliphatic carboxylic acids is 1. The summed E-state index contributed by atoms with van der Waals surface area (Å²) in [5.41, 5.74) is -1.40. The quantitative estimate of drug-likeness (QED) is 0.658. The summed E-state index contributed by atoms with van der Waals surface area (Å²) < 4.78 is 4.83. The topological polar surface area (TPSA) is 92.7 Å². The molecule has 1 aliphatic heterocycles. The molecule has 1 rings (SSSR count). The zero-order chi connectivity index (χ0) is 12.3. The molecule has 2 unspecified atom stereocenters. The van der Waals surface area contributed by atoms with Gasteiger partial charge in [-0.3, -0.25) is 9.59 Å². The molecule has 0 aromatic heterocycles. The molecule has 90 valence electrons. The Bertz CT molecular complexity index is 327. The lowest BCUT2D eigenvalue weighted by atomic mass is 9.84. The monoisotopic (exact) mass is 229 g/mol. The lowest BCUT2D eigenvalue weighted by molar-refractivity contribution is -0.160. The number of carboxylic acids is 1. The van der Waals surface area contributed by atoms with E-state index in [1.54, 1.807) is 6.92 Å². The molecule has 1 fully saturated rings. The van der Waals surface area contributed by atoms with E-state index in [0.29, 0.717) is 0 Å². The number of nitrogens with one attached hydrogen (secondary N) is 1. The minimum atomic E-state index is -1.40. The minimum absolute atomic E-state index is 0.149. The Morgan fingerprint density at radius 3 is 2.62 bits per heavy atom. The number of carboxylic acid groups (broad SMARTS) is 1. The van der Waals surface area contributed by atoms with Crippen molar-refractivity contribution in [1.29, 1.82) is 0 Å². The predicted molar refractivity (Wildman–Crippen MR) is 53.5 cm³/mol. The number of carbonyl (C=O) groups is 3. The largest absolute Gasteiger partial charge is 0.481 e. The fourth-order valence-corrected chi connectivity index (χ4v) is 1.81. The predicted octanol–water partition coefficient (Wildman–Crippen LogP) is -0.0810. The zero-order valence-electron chi connectivity index (χ0n) is 9.28. The van der Waals surface area contributed by atoms with Crippen LogP contribution in [0.5, 0.6) is 0 Å². The summed E-state index contributed by atoms with van der Waals surface area (Å²) in [6.45, 7) is 3.18. The highest BCUT2D eigenvalue weighted by Gasteiger charge is 2.52. The van der Waals surface area contributed by atoms with Gasteiger partial charge in [-0.2, -0.15) is 0 Å². The average molecular weight is 229 g/mol. The number of esters is 1. The molecule has 6 heteroatoms. The molecule has 16 heavy (non-hydrogen) atoms. The van der Waals surface area contributed by atoms with Crippen LogP contribution in [-0.2, 0) is 19.1 Å². The summed E-state index contributed by atoms with van der Waals surface area (Å²) in [4.78, 5) is 33.9. The molecule has 1 heterocycles. The van der Waals surface area contributed by atoms with Gasteiger partial charge in [-0.05, 0) is 20.3 Å². The van der Waals surface area contributed by atoms with Crippen LogP contribution in [0.25, 0.3) is 0 Å². The van der Waals surface area contributed by atoms with Gasteiger partial charge in [-0.15, -0.1) is 0 Å². The Hall–Kier alpha value is -1.59. The first kappa shape index (κ1) is 12.5. The molecule has 0 spiro atoms. The summed E-state index contributed by atoms with van der Waals surface area (Å²) in [5.74, 6) is -3.12. The lowest BCUT2D eigenvalue weighted by Gasteiger charge is -2.30. The maximum absolute atomic E-state index is 11.8. The minimum Gasteiger partial charge on any atom is -0.481 e. The first-order chi connectivity index (χ1) is 7.44. The molecular formula is C10H15NO5. The fourth-order valence-electron chi connectivity index (χ4n) is 1.81. The molecule has 0 aliphatic carbocycles. The van der Waals surface area contributed by atoms with Crippen LogP contribution < -0.4 is 5.32 Å². The summed E-state index contributed by atoms with van der Waals surface area (Å²) in [6.07, 6.45) is 0.314. The second kappa shape index (κ2) is 4.51. The number of ether oxygens (including phenoxy) is 1. The van der Waals surface area contributed by atoms with Crippen molar-refractivity contribution < 1.29 is 24.2 Å². The average Bonchev–Trinajstić information content (AvgIpc) is 2.61. The zero-order valence-corrected chi connectivity index (χ0v) is 9.28. The summed E-state index contributed by atoms with van der Waals surface area (Å²) in [6, 6.07) is 0. The van der Waals surface area contributed by atoms with Gasteiger partial charge in [-0.1, -0.05) is 0 Å². The van der Waals surface area contributed by atoms with Gasteiger partial charge in [-0.25, -0.2) is 4.79 Å². The van der Waals surface area contributed by atoms with Gasteiger partial charge in [0.25, 0.3) is 0 Å². The normalized spacial score (nSPS) is 26.0. The SMILES string of the molecule is CCOC(=O)C1(C(C)C(=O)O)CCC(=O)N1. The molecule has 0 radical (unpaired) electrons.